The fraction of sp³-hybridized carbons (Fsp3) is 0.286. The van der Waals surface area contributed by atoms with E-state index in [9.17, 15) is 9.59 Å². The lowest BCUT2D eigenvalue weighted by Crippen LogP contribution is -2.66. The summed E-state index contributed by atoms with van der Waals surface area (Å²) >= 11 is 15.6. The molecular formula is C35H33Cl2N7O4S. The van der Waals surface area contributed by atoms with Crippen molar-refractivity contribution >= 4 is 68.1 Å². The van der Waals surface area contributed by atoms with Crippen molar-refractivity contribution < 1.29 is 19.4 Å². The minimum absolute atomic E-state index is 0.0932. The first kappa shape index (κ1) is 33.2. The number of aryl methyl sites for hydroxylation is 1. The first-order chi connectivity index (χ1) is 23.6. The Hall–Kier alpha value is -4.33. The van der Waals surface area contributed by atoms with E-state index >= 15 is 0 Å². The lowest BCUT2D eigenvalue weighted by atomic mass is 9.87. The number of anilines is 2. The van der Waals surface area contributed by atoms with Gasteiger partial charge in [0.1, 0.15) is 10.5 Å². The molecule has 0 atom stereocenters. The Morgan fingerprint density at radius 3 is 2.59 bits per heavy atom. The Bertz CT molecular complexity index is 2100. The molecule has 2 aromatic carbocycles. The molecule has 2 fully saturated rings. The normalized spacial score (nSPS) is 15.4. The number of pyridine rings is 2. The number of hydrogen-bond donors (Lipinski definition) is 4. The van der Waals surface area contributed by atoms with Crippen molar-refractivity contribution in [1.82, 2.24) is 30.5 Å². The van der Waals surface area contributed by atoms with Crippen molar-refractivity contribution in [2.24, 2.45) is 0 Å². The van der Waals surface area contributed by atoms with Gasteiger partial charge in [0.2, 0.25) is 11.8 Å². The number of halogens is 2. The van der Waals surface area contributed by atoms with Gasteiger partial charge in [-0.3, -0.25) is 14.5 Å². The zero-order valence-corrected chi connectivity index (χ0v) is 29.1. The largest absolute Gasteiger partial charge is 0.481 e. The molecule has 11 nitrogen and oxygen atoms in total. The highest BCUT2D eigenvalue weighted by atomic mass is 35.5. The third kappa shape index (κ3) is 6.66. The lowest BCUT2D eigenvalue weighted by molar-refractivity contribution is -0.136. The van der Waals surface area contributed by atoms with Gasteiger partial charge in [0.25, 0.3) is 0 Å². The standard InChI is InChI=1S/C35H33Cl2N7O4S/c1-19-13-25(41-34(48-2)23(19)16-44-17-35(18-44)11-9-27(45)43-35)22-7-3-5-20(30(22)36)21-6-4-8-24(31(21)37)40-33-32-26(10-12-39-33)49-28(42-32)14-38-15-29(46)47/h3-8,10,12-13,38H,9,11,14-18H2,1-2H3,(H,39,40)(H,43,45)(H,46,47). The second kappa shape index (κ2) is 13.5. The topological polar surface area (TPSA) is 142 Å². The molecule has 14 heteroatoms. The summed E-state index contributed by atoms with van der Waals surface area (Å²) in [4.78, 5) is 39.1. The molecule has 7 rings (SSSR count). The molecule has 0 unspecified atom stereocenters. The van der Waals surface area contributed by atoms with Gasteiger partial charge in [-0.05, 0) is 37.1 Å². The van der Waals surface area contributed by atoms with Crippen molar-refractivity contribution in [2.45, 2.75) is 38.4 Å². The summed E-state index contributed by atoms with van der Waals surface area (Å²) in [7, 11) is 1.62. The van der Waals surface area contributed by atoms with Crippen LogP contribution in [0, 0.1) is 6.92 Å². The fourth-order valence-corrected chi connectivity index (χ4v) is 8.10. The molecular weight excluding hydrogens is 685 g/mol. The van der Waals surface area contributed by atoms with Crippen molar-refractivity contribution in [3.63, 3.8) is 0 Å². The van der Waals surface area contributed by atoms with Gasteiger partial charge in [0, 0.05) is 61.1 Å². The smallest absolute Gasteiger partial charge is 0.317 e. The van der Waals surface area contributed by atoms with Crippen LogP contribution in [-0.2, 0) is 22.7 Å². The summed E-state index contributed by atoms with van der Waals surface area (Å²) in [5, 5.41) is 20.0. The molecule has 3 aromatic heterocycles. The Morgan fingerprint density at radius 2 is 1.86 bits per heavy atom. The number of thiazole rings is 1. The number of carbonyl (C=O) groups excluding carboxylic acids is 1. The van der Waals surface area contributed by atoms with Gasteiger partial charge in [-0.15, -0.1) is 11.3 Å². The van der Waals surface area contributed by atoms with Crippen molar-refractivity contribution in [3.05, 3.63) is 80.9 Å². The van der Waals surface area contributed by atoms with E-state index in [1.54, 1.807) is 13.3 Å². The van der Waals surface area contributed by atoms with Gasteiger partial charge in [0.15, 0.2) is 5.82 Å². The summed E-state index contributed by atoms with van der Waals surface area (Å²) in [5.41, 5.74) is 6.15. The minimum Gasteiger partial charge on any atom is -0.481 e. The number of ether oxygens (including phenoxy) is 1. The van der Waals surface area contributed by atoms with E-state index in [1.807, 2.05) is 55.5 Å². The number of methoxy groups -OCH3 is 1. The summed E-state index contributed by atoms with van der Waals surface area (Å²) in [5.74, 6) is 0.280. The van der Waals surface area contributed by atoms with Crippen molar-refractivity contribution in [2.75, 3.05) is 32.1 Å². The fourth-order valence-electron chi connectivity index (χ4n) is 6.57. The number of carbonyl (C=O) groups is 2. The predicted octanol–water partition coefficient (Wildman–Crippen LogP) is 6.43. The Labute approximate surface area is 296 Å². The number of aliphatic carboxylic acids is 1. The van der Waals surface area contributed by atoms with Crippen molar-refractivity contribution in [3.8, 4) is 28.3 Å². The number of nitrogens with zero attached hydrogens (tertiary/aromatic N) is 4. The van der Waals surface area contributed by atoms with Gasteiger partial charge in [-0.1, -0.05) is 53.5 Å². The van der Waals surface area contributed by atoms with E-state index in [2.05, 4.69) is 30.8 Å². The summed E-state index contributed by atoms with van der Waals surface area (Å²) in [6.07, 6.45) is 3.16. The molecule has 49 heavy (non-hydrogen) atoms. The molecule has 0 radical (unpaired) electrons. The number of hydrogen-bond acceptors (Lipinski definition) is 10. The Kier molecular flexibility index (Phi) is 9.16. The number of carboxylic acids is 1. The maximum atomic E-state index is 11.8. The molecule has 2 saturated heterocycles. The van der Waals surface area contributed by atoms with Gasteiger partial charge in [-0.25, -0.2) is 15.0 Å². The predicted molar refractivity (Wildman–Crippen MR) is 192 cm³/mol. The van der Waals surface area contributed by atoms with Crippen LogP contribution in [0.1, 0.15) is 29.0 Å². The van der Waals surface area contributed by atoms with Gasteiger partial charge in [-0.2, -0.15) is 0 Å². The zero-order valence-electron chi connectivity index (χ0n) is 26.8. The maximum Gasteiger partial charge on any atom is 0.317 e. The SMILES string of the molecule is COc1nc(-c2cccc(-c3cccc(Nc4nccc5sc(CNCC(=O)O)nc45)c3Cl)c2Cl)cc(C)c1CN1CC2(CCC(=O)N2)C1. The highest BCUT2D eigenvalue weighted by molar-refractivity contribution is 7.18. The van der Waals surface area contributed by atoms with Crippen LogP contribution >= 0.6 is 34.5 Å². The lowest BCUT2D eigenvalue weighted by Gasteiger charge is -2.48. The monoisotopic (exact) mass is 717 g/mol. The van der Waals surface area contributed by atoms with E-state index < -0.39 is 5.97 Å². The third-order valence-corrected chi connectivity index (χ3v) is 10.7. The van der Waals surface area contributed by atoms with Crippen LogP contribution in [0.4, 0.5) is 11.5 Å². The number of benzene rings is 2. The zero-order chi connectivity index (χ0) is 34.3. The summed E-state index contributed by atoms with van der Waals surface area (Å²) in [6, 6.07) is 15.4. The summed E-state index contributed by atoms with van der Waals surface area (Å²) in [6.45, 7) is 4.53. The molecule has 0 saturated carbocycles. The molecule has 5 heterocycles. The number of rotatable bonds is 11. The molecule has 1 spiro atoms. The van der Waals surface area contributed by atoms with E-state index in [-0.39, 0.29) is 18.0 Å². The van der Waals surface area contributed by atoms with E-state index in [0.29, 0.717) is 58.2 Å². The van der Waals surface area contributed by atoms with Crippen LogP contribution in [0.25, 0.3) is 32.6 Å². The molecule has 1 amide bonds. The first-order valence-electron chi connectivity index (χ1n) is 15.7. The van der Waals surface area contributed by atoms with Gasteiger partial charge >= 0.3 is 5.97 Å². The molecule has 252 valence electrons. The van der Waals surface area contributed by atoms with Crippen LogP contribution < -0.4 is 20.7 Å². The van der Waals surface area contributed by atoms with Crippen LogP contribution in [0.2, 0.25) is 10.0 Å². The van der Waals surface area contributed by atoms with Crippen LogP contribution in [0.3, 0.4) is 0 Å². The molecule has 2 aliphatic heterocycles. The van der Waals surface area contributed by atoms with Gasteiger partial charge < -0.3 is 25.8 Å². The Balaban J connectivity index is 1.14. The molecule has 0 aliphatic carbocycles. The molecule has 2 aliphatic rings. The third-order valence-electron chi connectivity index (χ3n) is 8.89. The number of carboxylic acid groups (broad SMARTS) is 1. The van der Waals surface area contributed by atoms with E-state index in [1.165, 1.54) is 11.3 Å². The number of likely N-dealkylation sites (tertiary alicyclic amines) is 1. The molecule has 5 aromatic rings. The van der Waals surface area contributed by atoms with Gasteiger partial charge in [0.05, 0.1) is 45.3 Å². The summed E-state index contributed by atoms with van der Waals surface area (Å²) < 4.78 is 6.69. The molecule has 0 bridgehead atoms. The number of aromatic nitrogens is 3. The average Bonchev–Trinajstić information content (AvgIpc) is 3.66. The van der Waals surface area contributed by atoms with Crippen LogP contribution in [0.5, 0.6) is 5.88 Å². The maximum absolute atomic E-state index is 11.8. The first-order valence-corrected chi connectivity index (χ1v) is 17.3. The minimum atomic E-state index is -0.928. The molecule has 4 N–H and O–H groups in total. The van der Waals surface area contributed by atoms with Crippen LogP contribution in [-0.4, -0.2) is 69.1 Å². The Morgan fingerprint density at radius 1 is 1.10 bits per heavy atom. The number of fused-ring (bicyclic) bond motifs is 1. The highest BCUT2D eigenvalue weighted by Gasteiger charge is 2.47. The average molecular weight is 719 g/mol. The van der Waals surface area contributed by atoms with E-state index in [0.717, 1.165) is 57.0 Å². The highest BCUT2D eigenvalue weighted by Crippen LogP contribution is 2.43. The van der Waals surface area contributed by atoms with E-state index in [4.69, 9.17) is 38.0 Å². The second-order valence-corrected chi connectivity index (χ2v) is 14.2. The quantitative estimate of drug-likeness (QED) is 0.121. The number of nitrogens with one attached hydrogen (secondary N) is 3. The van der Waals surface area contributed by atoms with Crippen LogP contribution in [0.15, 0.2) is 54.7 Å². The second-order valence-electron chi connectivity index (χ2n) is 12.4. The van der Waals surface area contributed by atoms with Crippen molar-refractivity contribution in [1.29, 1.82) is 0 Å². The number of amides is 1.